The van der Waals surface area contributed by atoms with Crippen molar-refractivity contribution in [1.82, 2.24) is 4.98 Å². The van der Waals surface area contributed by atoms with Crippen LogP contribution in [-0.4, -0.2) is 10.9 Å². The molecule has 0 saturated carbocycles. The van der Waals surface area contributed by atoms with E-state index in [0.29, 0.717) is 16.2 Å². The van der Waals surface area contributed by atoms with Gasteiger partial charge in [0.2, 0.25) is 0 Å². The summed E-state index contributed by atoms with van der Waals surface area (Å²) < 4.78 is 67.5. The second-order valence-electron chi connectivity index (χ2n) is 6.14. The minimum atomic E-state index is -4.73. The van der Waals surface area contributed by atoms with Gasteiger partial charge in [-0.1, -0.05) is 6.07 Å². The lowest BCUT2D eigenvalue weighted by Gasteiger charge is -2.10. The van der Waals surface area contributed by atoms with Crippen LogP contribution in [0.25, 0.3) is 20.8 Å². The van der Waals surface area contributed by atoms with Gasteiger partial charge in [-0.25, -0.2) is 13.8 Å². The number of nitrogens with one attached hydrogen (secondary N) is 1. The average Bonchev–Trinajstić information content (AvgIpc) is 3.32. The number of aromatic nitrogens is 1. The molecule has 0 radical (unpaired) electrons. The zero-order valence-corrected chi connectivity index (χ0v) is 16.3. The number of carbonyl (C=O) groups is 1. The summed E-state index contributed by atoms with van der Waals surface area (Å²) in [4.78, 5) is 17.1. The molecule has 1 amide bonds. The number of thiophene rings is 2. The molecule has 3 N–H and O–H groups in total. The van der Waals surface area contributed by atoms with Crippen LogP contribution in [0.1, 0.15) is 15.2 Å². The van der Waals surface area contributed by atoms with E-state index in [1.165, 1.54) is 11.3 Å². The Morgan fingerprint density at radius 2 is 1.87 bits per heavy atom. The number of fused-ring (bicyclic) bond motifs is 1. The number of alkyl halides is 3. The number of nitrogens with two attached hydrogens (primary N) is 1. The first kappa shape index (κ1) is 20.2. The maximum absolute atomic E-state index is 13.7. The first-order chi connectivity index (χ1) is 14.1. The van der Waals surface area contributed by atoms with Crippen LogP contribution in [0.2, 0.25) is 0 Å². The Bertz CT molecular complexity index is 1270. The van der Waals surface area contributed by atoms with Crippen molar-refractivity contribution >= 4 is 50.2 Å². The molecule has 0 spiro atoms. The number of hydrogen-bond donors (Lipinski definition) is 2. The lowest BCUT2D eigenvalue weighted by molar-refractivity contribution is -0.136. The van der Waals surface area contributed by atoms with Crippen molar-refractivity contribution in [3.05, 3.63) is 63.9 Å². The van der Waals surface area contributed by atoms with Crippen molar-refractivity contribution in [2.24, 2.45) is 0 Å². The highest BCUT2D eigenvalue weighted by Crippen LogP contribution is 2.44. The van der Waals surface area contributed by atoms with Crippen LogP contribution in [0, 0.1) is 11.6 Å². The minimum absolute atomic E-state index is 0.0545. The normalized spacial score (nSPS) is 11.8. The van der Waals surface area contributed by atoms with Crippen molar-refractivity contribution in [2.45, 2.75) is 6.18 Å². The van der Waals surface area contributed by atoms with E-state index in [1.807, 2.05) is 0 Å². The summed E-state index contributed by atoms with van der Waals surface area (Å²) in [6.07, 6.45) is -4.73. The van der Waals surface area contributed by atoms with E-state index in [1.54, 1.807) is 17.5 Å². The van der Waals surface area contributed by atoms with E-state index in [2.05, 4.69) is 10.3 Å². The van der Waals surface area contributed by atoms with Crippen LogP contribution >= 0.6 is 22.7 Å². The lowest BCUT2D eigenvalue weighted by Crippen LogP contribution is -2.13. The average molecular weight is 455 g/mol. The summed E-state index contributed by atoms with van der Waals surface area (Å²) in [7, 11) is 0. The van der Waals surface area contributed by atoms with Crippen LogP contribution in [0.3, 0.4) is 0 Å². The number of rotatable bonds is 3. The van der Waals surface area contributed by atoms with E-state index in [0.717, 1.165) is 24.3 Å². The molecule has 0 aliphatic heterocycles. The first-order valence-electron chi connectivity index (χ1n) is 8.25. The number of carbonyl (C=O) groups excluding carboxylic acids is 1. The van der Waals surface area contributed by atoms with Crippen LogP contribution < -0.4 is 11.1 Å². The monoisotopic (exact) mass is 455 g/mol. The molecule has 0 fully saturated rings. The lowest BCUT2D eigenvalue weighted by atomic mass is 10.1. The molecule has 0 bridgehead atoms. The number of halogens is 5. The topological polar surface area (TPSA) is 68.0 Å². The third-order valence-corrected chi connectivity index (χ3v) is 6.15. The van der Waals surface area contributed by atoms with E-state index >= 15 is 0 Å². The second kappa shape index (κ2) is 7.33. The molecule has 1 aromatic carbocycles. The van der Waals surface area contributed by atoms with E-state index in [-0.39, 0.29) is 32.2 Å². The van der Waals surface area contributed by atoms with Gasteiger partial charge in [0.1, 0.15) is 9.71 Å². The Labute approximate surface area is 173 Å². The Morgan fingerprint density at radius 1 is 1.10 bits per heavy atom. The maximum Gasteiger partial charge on any atom is 0.417 e. The predicted octanol–water partition coefficient (Wildman–Crippen LogP) is 6.16. The Morgan fingerprint density at radius 3 is 2.50 bits per heavy atom. The molecule has 0 aliphatic rings. The van der Waals surface area contributed by atoms with Gasteiger partial charge in [0.25, 0.3) is 5.91 Å². The number of nitrogen functional groups attached to an aromatic ring is 1. The zero-order valence-electron chi connectivity index (χ0n) is 14.7. The molecule has 4 aromatic rings. The number of pyridine rings is 1. The molecule has 0 aliphatic carbocycles. The molecule has 3 aromatic heterocycles. The molecule has 0 unspecified atom stereocenters. The van der Waals surface area contributed by atoms with Gasteiger partial charge in [-0.2, -0.15) is 13.2 Å². The van der Waals surface area contributed by atoms with Crippen LogP contribution in [0.5, 0.6) is 0 Å². The largest absolute Gasteiger partial charge is 0.417 e. The van der Waals surface area contributed by atoms with Crippen molar-refractivity contribution in [3.63, 3.8) is 0 Å². The van der Waals surface area contributed by atoms with Gasteiger partial charge in [0.15, 0.2) is 11.6 Å². The van der Waals surface area contributed by atoms with Gasteiger partial charge in [0.05, 0.1) is 21.8 Å². The van der Waals surface area contributed by atoms with Gasteiger partial charge in [0, 0.05) is 17.1 Å². The number of hydrogen-bond acceptors (Lipinski definition) is 5. The predicted molar refractivity (Wildman–Crippen MR) is 107 cm³/mol. The molecule has 3 heterocycles. The van der Waals surface area contributed by atoms with Gasteiger partial charge in [-0.15, -0.1) is 22.7 Å². The number of anilines is 2. The molecule has 4 rings (SSSR count). The quantitative estimate of drug-likeness (QED) is 0.364. The number of benzene rings is 1. The highest BCUT2D eigenvalue weighted by atomic mass is 32.1. The Hall–Kier alpha value is -3.05. The summed E-state index contributed by atoms with van der Waals surface area (Å²) >= 11 is 1.91. The number of nitrogens with zero attached hydrogens (tertiary/aromatic N) is 1. The Balaban J connectivity index is 1.82. The third kappa shape index (κ3) is 3.61. The standard InChI is InChI=1S/C19H10F5N3OS2/c20-10-4-3-8(6-11(10)21)26-17(28)16-15(25)14-9(19(22,23)24)7-12(27-18(14)30-16)13-2-1-5-29-13/h1-7H,25H2,(H,26,28). The number of amides is 1. The molecule has 11 heteroatoms. The van der Waals surface area contributed by atoms with Crippen LogP contribution in [0.15, 0.2) is 41.8 Å². The molecule has 0 atom stereocenters. The highest BCUT2D eigenvalue weighted by molar-refractivity contribution is 7.21. The molecular formula is C19H10F5N3OS2. The van der Waals surface area contributed by atoms with Crippen LogP contribution in [0.4, 0.5) is 33.3 Å². The van der Waals surface area contributed by atoms with Crippen molar-refractivity contribution in [3.8, 4) is 10.6 Å². The van der Waals surface area contributed by atoms with E-state index in [9.17, 15) is 26.7 Å². The summed E-state index contributed by atoms with van der Waals surface area (Å²) in [6, 6.07) is 6.90. The van der Waals surface area contributed by atoms with Crippen molar-refractivity contribution in [1.29, 1.82) is 0 Å². The molecular weight excluding hydrogens is 445 g/mol. The summed E-state index contributed by atoms with van der Waals surface area (Å²) in [6.45, 7) is 0. The van der Waals surface area contributed by atoms with Gasteiger partial charge < -0.3 is 11.1 Å². The minimum Gasteiger partial charge on any atom is -0.397 e. The van der Waals surface area contributed by atoms with Crippen molar-refractivity contribution in [2.75, 3.05) is 11.1 Å². The SMILES string of the molecule is Nc1c(C(=O)Nc2ccc(F)c(F)c2)sc2nc(-c3cccs3)cc(C(F)(F)F)c12. The smallest absolute Gasteiger partial charge is 0.397 e. The fourth-order valence-corrected chi connectivity index (χ4v) is 4.53. The second-order valence-corrected chi connectivity index (χ2v) is 8.08. The maximum atomic E-state index is 13.7. The van der Waals surface area contributed by atoms with E-state index < -0.39 is 29.3 Å². The van der Waals surface area contributed by atoms with Crippen molar-refractivity contribution < 1.29 is 26.7 Å². The van der Waals surface area contributed by atoms with Gasteiger partial charge >= 0.3 is 6.18 Å². The molecule has 0 saturated heterocycles. The Kier molecular flexibility index (Phi) is 4.94. The summed E-state index contributed by atoms with van der Waals surface area (Å²) in [5.74, 6) is -3.14. The zero-order chi connectivity index (χ0) is 21.6. The fraction of sp³-hybridized carbons (Fsp3) is 0.0526. The molecule has 4 nitrogen and oxygen atoms in total. The van der Waals surface area contributed by atoms with Gasteiger partial charge in [-0.3, -0.25) is 4.79 Å². The highest BCUT2D eigenvalue weighted by Gasteiger charge is 2.36. The van der Waals surface area contributed by atoms with Gasteiger partial charge in [-0.05, 0) is 29.6 Å². The first-order valence-corrected chi connectivity index (χ1v) is 9.95. The van der Waals surface area contributed by atoms with Crippen LogP contribution in [-0.2, 0) is 6.18 Å². The molecule has 154 valence electrons. The van der Waals surface area contributed by atoms with E-state index in [4.69, 9.17) is 5.73 Å². The summed E-state index contributed by atoms with van der Waals surface area (Å²) in [5, 5.41) is 3.64. The third-order valence-electron chi connectivity index (χ3n) is 4.16. The molecule has 30 heavy (non-hydrogen) atoms. The summed E-state index contributed by atoms with van der Waals surface area (Å²) in [5.41, 5.74) is 4.55. The fourth-order valence-electron chi connectivity index (χ4n) is 2.83.